The van der Waals surface area contributed by atoms with Crippen LogP contribution in [0.25, 0.3) is 0 Å². The molecule has 0 saturated heterocycles. The second-order valence-electron chi connectivity index (χ2n) is 4.42. The van der Waals surface area contributed by atoms with E-state index in [0.717, 1.165) is 0 Å². The Hall–Kier alpha value is -2.12. The highest BCUT2D eigenvalue weighted by atomic mass is 32.2. The molecule has 3 N–H and O–H groups in total. The summed E-state index contributed by atoms with van der Waals surface area (Å²) in [4.78, 5) is 0.0155. The Morgan fingerprint density at radius 3 is 2.52 bits per heavy atom. The van der Waals surface area contributed by atoms with Gasteiger partial charge >= 0.3 is 0 Å². The number of ether oxygens (including phenoxy) is 1. The molecule has 2 aromatic rings. The number of nitrogens with one attached hydrogen (secondary N) is 1. The fraction of sp³-hybridized carbons (Fsp3) is 0.143. The average molecular weight is 310 g/mol. The highest BCUT2D eigenvalue weighted by Gasteiger charge is 2.14. The van der Waals surface area contributed by atoms with E-state index in [-0.39, 0.29) is 22.1 Å². The van der Waals surface area contributed by atoms with Gasteiger partial charge in [0.2, 0.25) is 10.0 Å². The van der Waals surface area contributed by atoms with Crippen LogP contribution < -0.4 is 15.2 Å². The van der Waals surface area contributed by atoms with Crippen molar-refractivity contribution in [2.75, 3.05) is 12.8 Å². The molecule has 5 nitrogen and oxygen atoms in total. The summed E-state index contributed by atoms with van der Waals surface area (Å²) in [5.41, 5.74) is 6.50. The summed E-state index contributed by atoms with van der Waals surface area (Å²) >= 11 is 0. The molecule has 2 aromatic carbocycles. The summed E-state index contributed by atoms with van der Waals surface area (Å²) in [6.45, 7) is 1.63. The number of hydrogen-bond donors (Lipinski definition) is 2. The van der Waals surface area contributed by atoms with E-state index in [1.165, 1.54) is 31.3 Å². The average Bonchev–Trinajstić information content (AvgIpc) is 2.45. The van der Waals surface area contributed by atoms with Crippen LogP contribution in [0.1, 0.15) is 5.56 Å². The highest BCUT2D eigenvalue weighted by Crippen LogP contribution is 2.30. The Balaban J connectivity index is 2.39. The van der Waals surface area contributed by atoms with Crippen LogP contribution in [0.3, 0.4) is 0 Å². The number of nitrogen functional groups attached to an aromatic ring is 1. The van der Waals surface area contributed by atoms with Gasteiger partial charge in [-0.15, -0.1) is 0 Å². The summed E-state index contributed by atoms with van der Waals surface area (Å²) in [5.74, 6) is -0.0246. The van der Waals surface area contributed by atoms with Crippen LogP contribution in [-0.4, -0.2) is 15.5 Å². The molecular weight excluding hydrogens is 295 g/mol. The topological polar surface area (TPSA) is 81.4 Å². The molecule has 0 radical (unpaired) electrons. The van der Waals surface area contributed by atoms with E-state index in [0.29, 0.717) is 5.56 Å². The van der Waals surface area contributed by atoms with Gasteiger partial charge in [-0.05, 0) is 37.7 Å². The first-order valence-electron chi connectivity index (χ1n) is 6.10. The van der Waals surface area contributed by atoms with E-state index in [4.69, 9.17) is 10.5 Å². The van der Waals surface area contributed by atoms with Crippen LogP contribution in [0.4, 0.5) is 10.1 Å². The Bertz CT molecular complexity index is 776. The van der Waals surface area contributed by atoms with Crippen LogP contribution >= 0.6 is 0 Å². The van der Waals surface area contributed by atoms with Gasteiger partial charge in [0.25, 0.3) is 0 Å². The molecule has 2 rings (SSSR count). The van der Waals surface area contributed by atoms with Crippen LogP contribution in [0, 0.1) is 12.7 Å². The molecule has 0 aliphatic rings. The second-order valence-corrected chi connectivity index (χ2v) is 6.31. The molecule has 112 valence electrons. The van der Waals surface area contributed by atoms with Gasteiger partial charge in [-0.2, -0.15) is 0 Å². The summed E-state index contributed by atoms with van der Waals surface area (Å²) in [6.07, 6.45) is 0. The molecule has 0 amide bonds. The summed E-state index contributed by atoms with van der Waals surface area (Å²) in [7, 11) is -2.30. The minimum absolute atomic E-state index is 0.0155. The third-order valence-corrected chi connectivity index (χ3v) is 4.35. The van der Waals surface area contributed by atoms with Crippen LogP contribution in [0.5, 0.6) is 11.5 Å². The smallest absolute Gasteiger partial charge is 0.240 e. The number of benzene rings is 2. The third-order valence-electron chi connectivity index (χ3n) is 2.94. The van der Waals surface area contributed by atoms with E-state index in [1.54, 1.807) is 19.1 Å². The van der Waals surface area contributed by atoms with Crippen LogP contribution in [-0.2, 0) is 10.0 Å². The van der Waals surface area contributed by atoms with Gasteiger partial charge in [0.1, 0.15) is 11.6 Å². The lowest BCUT2D eigenvalue weighted by Gasteiger charge is -2.11. The van der Waals surface area contributed by atoms with E-state index in [2.05, 4.69) is 4.72 Å². The first-order chi connectivity index (χ1) is 9.83. The zero-order chi connectivity index (χ0) is 15.6. The number of rotatable bonds is 4. The maximum absolute atomic E-state index is 13.5. The number of aryl methyl sites for hydroxylation is 1. The van der Waals surface area contributed by atoms with Crippen molar-refractivity contribution < 1.29 is 17.5 Å². The van der Waals surface area contributed by atoms with Crippen molar-refractivity contribution in [2.24, 2.45) is 0 Å². The Labute approximate surface area is 122 Å². The quantitative estimate of drug-likeness (QED) is 0.850. The van der Waals surface area contributed by atoms with E-state index >= 15 is 0 Å². The maximum Gasteiger partial charge on any atom is 0.240 e. The van der Waals surface area contributed by atoms with E-state index < -0.39 is 15.8 Å². The number of anilines is 1. The van der Waals surface area contributed by atoms with Gasteiger partial charge < -0.3 is 10.5 Å². The fourth-order valence-electron chi connectivity index (χ4n) is 1.65. The molecule has 0 saturated carbocycles. The van der Waals surface area contributed by atoms with Crippen molar-refractivity contribution in [3.63, 3.8) is 0 Å². The molecule has 0 fully saturated rings. The molecular formula is C14H15FN2O3S. The summed E-state index contributed by atoms with van der Waals surface area (Å²) in [5, 5.41) is 0. The van der Waals surface area contributed by atoms with Gasteiger partial charge in [-0.1, -0.05) is 6.07 Å². The van der Waals surface area contributed by atoms with Crippen molar-refractivity contribution >= 4 is 15.7 Å². The van der Waals surface area contributed by atoms with Crippen LogP contribution in [0.15, 0.2) is 41.3 Å². The lowest BCUT2D eigenvalue weighted by molar-refractivity contribution is 0.476. The maximum atomic E-state index is 13.5. The largest absolute Gasteiger partial charge is 0.455 e. The molecule has 21 heavy (non-hydrogen) atoms. The van der Waals surface area contributed by atoms with Crippen molar-refractivity contribution in [1.29, 1.82) is 0 Å². The monoisotopic (exact) mass is 310 g/mol. The zero-order valence-corrected chi connectivity index (χ0v) is 12.4. The highest BCUT2D eigenvalue weighted by molar-refractivity contribution is 7.89. The van der Waals surface area contributed by atoms with Crippen molar-refractivity contribution in [1.82, 2.24) is 4.72 Å². The molecule has 7 heteroatoms. The van der Waals surface area contributed by atoms with Gasteiger partial charge in [0, 0.05) is 12.1 Å². The Morgan fingerprint density at radius 1 is 1.19 bits per heavy atom. The lowest BCUT2D eigenvalue weighted by atomic mass is 10.2. The second kappa shape index (κ2) is 5.71. The molecule has 0 heterocycles. The van der Waals surface area contributed by atoms with Crippen LogP contribution in [0.2, 0.25) is 0 Å². The molecule has 0 bridgehead atoms. The number of sulfonamides is 1. The fourth-order valence-corrected chi connectivity index (χ4v) is 2.40. The number of halogens is 1. The van der Waals surface area contributed by atoms with E-state index in [1.807, 2.05) is 0 Å². The predicted molar refractivity (Wildman–Crippen MR) is 78.3 cm³/mol. The minimum Gasteiger partial charge on any atom is -0.455 e. The standard InChI is InChI=1S/C14H15FN2O3S/c1-9-3-4-10(7-12(9)15)20-14-8-11(5-6-13(14)16)21(18,19)17-2/h3-8,17H,16H2,1-2H3. The van der Waals surface area contributed by atoms with Gasteiger partial charge in [-0.3, -0.25) is 0 Å². The van der Waals surface area contributed by atoms with Crippen molar-refractivity contribution in [3.05, 3.63) is 47.8 Å². The van der Waals surface area contributed by atoms with Gasteiger partial charge in [-0.25, -0.2) is 17.5 Å². The molecule has 0 aromatic heterocycles. The molecule has 0 aliphatic heterocycles. The van der Waals surface area contributed by atoms with Gasteiger partial charge in [0.05, 0.1) is 10.6 Å². The Morgan fingerprint density at radius 2 is 1.90 bits per heavy atom. The number of hydrogen-bond acceptors (Lipinski definition) is 4. The zero-order valence-electron chi connectivity index (χ0n) is 11.6. The summed E-state index contributed by atoms with van der Waals surface area (Å²) in [6, 6.07) is 8.44. The molecule has 0 atom stereocenters. The van der Waals surface area contributed by atoms with Crippen molar-refractivity contribution in [2.45, 2.75) is 11.8 Å². The lowest BCUT2D eigenvalue weighted by Crippen LogP contribution is -2.18. The number of nitrogens with two attached hydrogens (primary N) is 1. The van der Waals surface area contributed by atoms with Crippen molar-refractivity contribution in [3.8, 4) is 11.5 Å². The SMILES string of the molecule is CNS(=O)(=O)c1ccc(N)c(Oc2ccc(C)c(F)c2)c1. The molecule has 0 aliphatic carbocycles. The Kier molecular flexibility index (Phi) is 4.15. The minimum atomic E-state index is -3.60. The van der Waals surface area contributed by atoms with E-state index in [9.17, 15) is 12.8 Å². The molecule has 0 spiro atoms. The van der Waals surface area contributed by atoms with Gasteiger partial charge in [0.15, 0.2) is 5.75 Å². The molecule has 0 unspecified atom stereocenters. The predicted octanol–water partition coefficient (Wildman–Crippen LogP) is 2.42. The summed E-state index contributed by atoms with van der Waals surface area (Å²) < 4.78 is 44.7. The third kappa shape index (κ3) is 3.32. The normalized spacial score (nSPS) is 11.4. The first kappa shape index (κ1) is 15.3. The first-order valence-corrected chi connectivity index (χ1v) is 7.59.